The molecule has 0 aliphatic rings. The van der Waals surface area contributed by atoms with Crippen LogP contribution >= 0.6 is 24.8 Å². The van der Waals surface area contributed by atoms with Crippen LogP contribution in [0.3, 0.4) is 0 Å². The topological polar surface area (TPSA) is 77.2 Å². The number of ether oxygens (including phenoxy) is 1. The molecule has 0 atom stereocenters. The van der Waals surface area contributed by atoms with E-state index in [1.54, 1.807) is 30.6 Å². The lowest BCUT2D eigenvalue weighted by Gasteiger charge is -2.14. The summed E-state index contributed by atoms with van der Waals surface area (Å²) in [4.78, 5) is 15.9. The van der Waals surface area contributed by atoms with Gasteiger partial charge in [-0.15, -0.1) is 24.8 Å². The van der Waals surface area contributed by atoms with Crippen molar-refractivity contribution in [3.05, 3.63) is 59.9 Å². The maximum Gasteiger partial charge on any atom is 0.277 e. The molecule has 0 aliphatic carbocycles. The summed E-state index contributed by atoms with van der Waals surface area (Å²) in [5, 5.41) is 2.16. The molecule has 3 N–H and O–H groups in total. The lowest BCUT2D eigenvalue weighted by Crippen LogP contribution is -2.41. The van der Waals surface area contributed by atoms with Gasteiger partial charge in [0, 0.05) is 23.5 Å². The number of nitrogens with two attached hydrogens (primary N) is 1. The van der Waals surface area contributed by atoms with Gasteiger partial charge in [-0.1, -0.05) is 12.1 Å². The van der Waals surface area contributed by atoms with E-state index in [0.29, 0.717) is 12.4 Å². The maximum absolute atomic E-state index is 13.0. The zero-order valence-corrected chi connectivity index (χ0v) is 14.8. The molecule has 2 aromatic rings. The molecule has 25 heavy (non-hydrogen) atoms. The van der Waals surface area contributed by atoms with Crippen molar-refractivity contribution in [3.8, 4) is 5.75 Å². The molecule has 0 radical (unpaired) electrons. The van der Waals surface area contributed by atoms with Crippen molar-refractivity contribution >= 4 is 30.7 Å². The fourth-order valence-electron chi connectivity index (χ4n) is 1.76. The van der Waals surface area contributed by atoms with Gasteiger partial charge in [-0.2, -0.15) is 0 Å². The normalized spacial score (nSPS) is 10.2. The molecule has 138 valence electrons. The molecular formula is C16H19Cl2F2N3O2. The summed E-state index contributed by atoms with van der Waals surface area (Å²) >= 11 is 0. The number of carbonyl (C=O) groups is 1. The van der Waals surface area contributed by atoms with Crippen molar-refractivity contribution in [2.75, 3.05) is 13.1 Å². The third kappa shape index (κ3) is 7.64. The van der Waals surface area contributed by atoms with E-state index in [2.05, 4.69) is 10.3 Å². The van der Waals surface area contributed by atoms with Gasteiger partial charge in [0.15, 0.2) is 0 Å². The summed E-state index contributed by atoms with van der Waals surface area (Å²) in [6.07, 6.45) is 3.33. The molecule has 1 heterocycles. The third-order valence-corrected chi connectivity index (χ3v) is 3.03. The number of nitrogens with zero attached hydrogens (tertiary/aromatic N) is 1. The fraction of sp³-hybridized carbons (Fsp3) is 0.250. The number of benzene rings is 1. The Labute approximate surface area is 156 Å². The largest absolute Gasteiger partial charge is 0.489 e. The second kappa shape index (κ2) is 10.8. The van der Waals surface area contributed by atoms with Crippen LogP contribution in [0.25, 0.3) is 0 Å². The number of alkyl halides is 2. The smallest absolute Gasteiger partial charge is 0.277 e. The number of carbonyl (C=O) groups excluding carboxylic acids is 1. The molecule has 0 aliphatic heterocycles. The fourth-order valence-corrected chi connectivity index (χ4v) is 1.76. The minimum absolute atomic E-state index is 0. The molecule has 0 unspecified atom stereocenters. The number of rotatable bonds is 7. The van der Waals surface area contributed by atoms with E-state index in [1.807, 2.05) is 6.07 Å². The highest BCUT2D eigenvalue weighted by atomic mass is 35.5. The number of amides is 1. The average Bonchev–Trinajstić information content (AvgIpc) is 2.59. The van der Waals surface area contributed by atoms with E-state index in [4.69, 9.17) is 10.5 Å². The molecule has 2 rings (SSSR count). The molecule has 1 aromatic heterocycles. The van der Waals surface area contributed by atoms with Crippen LogP contribution < -0.4 is 15.8 Å². The standard InChI is InChI=1S/C16H17F2N3O2.2ClH/c17-16(18,10-19)11-21-15(22)13-4-1-5-14(7-13)23-9-12-3-2-6-20-8-12;;/h1-8H,9-11,19H2,(H,21,22);2*1H. The number of hydrogen-bond donors (Lipinski definition) is 2. The van der Waals surface area contributed by atoms with Gasteiger partial charge < -0.3 is 15.8 Å². The molecule has 5 nitrogen and oxygen atoms in total. The number of aromatic nitrogens is 1. The van der Waals surface area contributed by atoms with Crippen molar-refractivity contribution < 1.29 is 18.3 Å². The molecule has 1 amide bonds. The van der Waals surface area contributed by atoms with E-state index in [0.717, 1.165) is 5.56 Å². The third-order valence-electron chi connectivity index (χ3n) is 3.03. The first-order valence-electron chi connectivity index (χ1n) is 6.98. The van der Waals surface area contributed by atoms with E-state index in [9.17, 15) is 13.6 Å². The summed E-state index contributed by atoms with van der Waals surface area (Å²) in [6.45, 7) is -1.32. The van der Waals surface area contributed by atoms with Crippen LogP contribution in [0.4, 0.5) is 8.78 Å². The lowest BCUT2D eigenvalue weighted by molar-refractivity contribution is 0.0118. The van der Waals surface area contributed by atoms with Crippen LogP contribution in [0.1, 0.15) is 15.9 Å². The molecule has 9 heteroatoms. The van der Waals surface area contributed by atoms with E-state index in [-0.39, 0.29) is 30.4 Å². The van der Waals surface area contributed by atoms with Gasteiger partial charge in [0.2, 0.25) is 0 Å². The van der Waals surface area contributed by atoms with Crippen LogP contribution in [0.2, 0.25) is 0 Å². The van der Waals surface area contributed by atoms with E-state index in [1.165, 1.54) is 12.1 Å². The van der Waals surface area contributed by atoms with E-state index < -0.39 is 24.9 Å². The van der Waals surface area contributed by atoms with Crippen LogP contribution in [-0.2, 0) is 6.61 Å². The summed E-state index contributed by atoms with van der Waals surface area (Å²) in [5.41, 5.74) is 6.04. The van der Waals surface area contributed by atoms with Gasteiger partial charge in [0.05, 0.1) is 13.1 Å². The minimum atomic E-state index is -3.12. The molecule has 0 fully saturated rings. The molecular weight excluding hydrogens is 375 g/mol. The molecule has 0 bridgehead atoms. The predicted molar refractivity (Wildman–Crippen MR) is 95.8 cm³/mol. The second-order valence-electron chi connectivity index (χ2n) is 4.92. The zero-order chi connectivity index (χ0) is 16.7. The van der Waals surface area contributed by atoms with Gasteiger partial charge in [0.1, 0.15) is 12.4 Å². The van der Waals surface area contributed by atoms with Gasteiger partial charge in [-0.25, -0.2) is 8.78 Å². The highest BCUT2D eigenvalue weighted by Gasteiger charge is 2.27. The van der Waals surface area contributed by atoms with Crippen LogP contribution in [0.5, 0.6) is 5.75 Å². The average molecular weight is 394 g/mol. The first-order chi connectivity index (χ1) is 11.0. The SMILES string of the molecule is Cl.Cl.NCC(F)(F)CNC(=O)c1cccc(OCc2cccnc2)c1. The second-order valence-corrected chi connectivity index (χ2v) is 4.92. The Morgan fingerprint density at radius 2 is 2.00 bits per heavy atom. The monoisotopic (exact) mass is 393 g/mol. The van der Waals surface area contributed by atoms with Crippen molar-refractivity contribution in [2.24, 2.45) is 5.73 Å². The molecule has 0 saturated carbocycles. The highest BCUT2D eigenvalue weighted by molar-refractivity contribution is 5.94. The van der Waals surface area contributed by atoms with E-state index >= 15 is 0 Å². The Morgan fingerprint density at radius 1 is 1.24 bits per heavy atom. The minimum Gasteiger partial charge on any atom is -0.489 e. The first kappa shape index (κ1) is 23.0. The molecule has 0 spiro atoms. The van der Waals surface area contributed by atoms with Crippen LogP contribution in [-0.4, -0.2) is 29.9 Å². The zero-order valence-electron chi connectivity index (χ0n) is 13.2. The van der Waals surface area contributed by atoms with Crippen molar-refractivity contribution in [1.29, 1.82) is 0 Å². The summed E-state index contributed by atoms with van der Waals surface area (Å²) in [6, 6.07) is 9.97. The number of hydrogen-bond acceptors (Lipinski definition) is 4. The van der Waals surface area contributed by atoms with Gasteiger partial charge in [0.25, 0.3) is 11.8 Å². The first-order valence-corrected chi connectivity index (χ1v) is 6.98. The summed E-state index contributed by atoms with van der Waals surface area (Å²) < 4.78 is 31.7. The highest BCUT2D eigenvalue weighted by Crippen LogP contribution is 2.16. The van der Waals surface area contributed by atoms with Gasteiger partial charge >= 0.3 is 0 Å². The summed E-state index contributed by atoms with van der Waals surface area (Å²) in [5.74, 6) is -3.26. The van der Waals surface area contributed by atoms with Crippen LogP contribution in [0.15, 0.2) is 48.8 Å². The maximum atomic E-state index is 13.0. The lowest BCUT2D eigenvalue weighted by atomic mass is 10.2. The molecule has 1 aromatic carbocycles. The quantitative estimate of drug-likeness (QED) is 0.757. The van der Waals surface area contributed by atoms with Gasteiger partial charge in [-0.3, -0.25) is 9.78 Å². The van der Waals surface area contributed by atoms with Crippen molar-refractivity contribution in [3.63, 3.8) is 0 Å². The summed E-state index contributed by atoms with van der Waals surface area (Å²) in [7, 11) is 0. The van der Waals surface area contributed by atoms with Crippen LogP contribution in [0, 0.1) is 0 Å². The van der Waals surface area contributed by atoms with Crippen molar-refractivity contribution in [1.82, 2.24) is 10.3 Å². The number of nitrogens with one attached hydrogen (secondary N) is 1. The Balaban J connectivity index is 0.00000288. The Morgan fingerprint density at radius 3 is 2.64 bits per heavy atom. The Bertz CT molecular complexity index is 661. The number of halogens is 4. The number of pyridine rings is 1. The van der Waals surface area contributed by atoms with Gasteiger partial charge in [-0.05, 0) is 24.3 Å². The van der Waals surface area contributed by atoms with Crippen molar-refractivity contribution in [2.45, 2.75) is 12.5 Å². The Hall–Kier alpha value is -1.96. The molecule has 0 saturated heterocycles. The Kier molecular flexibility index (Phi) is 9.96. The predicted octanol–water partition coefficient (Wildman–Crippen LogP) is 2.83.